The fourth-order valence-corrected chi connectivity index (χ4v) is 5.40. The van der Waals surface area contributed by atoms with Gasteiger partial charge < -0.3 is 9.47 Å². The van der Waals surface area contributed by atoms with Gasteiger partial charge in [0, 0.05) is 18.8 Å². The van der Waals surface area contributed by atoms with Crippen molar-refractivity contribution < 1.29 is 14.3 Å². The van der Waals surface area contributed by atoms with Crippen LogP contribution in [0.25, 0.3) is 0 Å². The summed E-state index contributed by atoms with van der Waals surface area (Å²) in [7, 11) is 0. The van der Waals surface area contributed by atoms with Crippen LogP contribution in [-0.2, 0) is 14.3 Å². The van der Waals surface area contributed by atoms with Crippen molar-refractivity contribution in [2.45, 2.75) is 85.5 Å². The van der Waals surface area contributed by atoms with Gasteiger partial charge >= 0.3 is 5.97 Å². The minimum Gasteiger partial charge on any atom is -0.436 e. The average Bonchev–Trinajstić information content (AvgIpc) is 2.73. The van der Waals surface area contributed by atoms with E-state index in [0.717, 1.165) is 12.8 Å². The smallest absolute Gasteiger partial charge is 0.304 e. The van der Waals surface area contributed by atoms with Crippen LogP contribution in [0.3, 0.4) is 0 Å². The molecular weight excluding hydrogens is 288 g/mol. The van der Waals surface area contributed by atoms with Crippen LogP contribution in [0, 0.1) is 22.7 Å². The van der Waals surface area contributed by atoms with Crippen molar-refractivity contribution in [3.05, 3.63) is 11.6 Å². The van der Waals surface area contributed by atoms with Crippen LogP contribution in [0.4, 0.5) is 0 Å². The number of carbonyl (C=O) groups is 1. The van der Waals surface area contributed by atoms with Crippen LogP contribution in [0.2, 0.25) is 0 Å². The van der Waals surface area contributed by atoms with Gasteiger partial charge in [-0.25, -0.2) is 0 Å². The Morgan fingerprint density at radius 2 is 2.04 bits per heavy atom. The molecule has 0 aromatic heterocycles. The zero-order chi connectivity index (χ0) is 16.8. The minimum atomic E-state index is -0.346. The summed E-state index contributed by atoms with van der Waals surface area (Å²) in [6.45, 7) is 10.9. The molecule has 0 N–H and O–H groups in total. The number of rotatable bonds is 2. The second-order valence-corrected chi connectivity index (χ2v) is 9.05. The first-order valence-corrected chi connectivity index (χ1v) is 9.24. The van der Waals surface area contributed by atoms with Crippen molar-refractivity contribution in [1.82, 2.24) is 0 Å². The number of fused-ring (bicyclic) bond motifs is 1. The van der Waals surface area contributed by atoms with E-state index < -0.39 is 0 Å². The molecule has 1 saturated heterocycles. The third-order valence-electron chi connectivity index (χ3n) is 6.38. The summed E-state index contributed by atoms with van der Waals surface area (Å²) in [5, 5.41) is 0. The highest BCUT2D eigenvalue weighted by atomic mass is 16.7. The Morgan fingerprint density at radius 1 is 1.30 bits per heavy atom. The lowest BCUT2D eigenvalue weighted by molar-refractivity contribution is -0.178. The van der Waals surface area contributed by atoms with Gasteiger partial charge in [0.1, 0.15) is 0 Å². The van der Waals surface area contributed by atoms with E-state index in [1.807, 2.05) is 0 Å². The fourth-order valence-electron chi connectivity index (χ4n) is 5.40. The van der Waals surface area contributed by atoms with Gasteiger partial charge in [0.25, 0.3) is 0 Å². The summed E-state index contributed by atoms with van der Waals surface area (Å²) in [5.74, 6) is 0.487. The lowest BCUT2D eigenvalue weighted by Crippen LogP contribution is -2.35. The zero-order valence-corrected chi connectivity index (χ0v) is 15.4. The van der Waals surface area contributed by atoms with Gasteiger partial charge in [-0.1, -0.05) is 38.8 Å². The predicted molar refractivity (Wildman–Crippen MR) is 90.8 cm³/mol. The number of hydrogen-bond acceptors (Lipinski definition) is 3. The molecule has 1 saturated carbocycles. The molecule has 5 atom stereocenters. The quantitative estimate of drug-likeness (QED) is 0.539. The maximum atomic E-state index is 11.3. The van der Waals surface area contributed by atoms with Crippen molar-refractivity contribution in [2.24, 2.45) is 22.7 Å². The van der Waals surface area contributed by atoms with E-state index in [0.29, 0.717) is 22.7 Å². The van der Waals surface area contributed by atoms with Crippen molar-refractivity contribution >= 4 is 5.97 Å². The van der Waals surface area contributed by atoms with E-state index in [4.69, 9.17) is 9.47 Å². The van der Waals surface area contributed by atoms with Gasteiger partial charge in [0.2, 0.25) is 6.29 Å². The van der Waals surface area contributed by atoms with Crippen LogP contribution in [0.15, 0.2) is 11.6 Å². The van der Waals surface area contributed by atoms with Crippen LogP contribution in [-0.4, -0.2) is 18.4 Å². The molecule has 0 aromatic carbocycles. The minimum absolute atomic E-state index is 0.139. The monoisotopic (exact) mass is 320 g/mol. The summed E-state index contributed by atoms with van der Waals surface area (Å²) in [6.07, 6.45) is 9.75. The van der Waals surface area contributed by atoms with Gasteiger partial charge in [0.05, 0.1) is 6.10 Å². The Balaban J connectivity index is 1.79. The van der Waals surface area contributed by atoms with E-state index in [2.05, 4.69) is 33.8 Å². The first-order chi connectivity index (χ1) is 10.7. The molecule has 0 radical (unpaired) electrons. The summed E-state index contributed by atoms with van der Waals surface area (Å²) in [5.41, 5.74) is 2.42. The molecule has 2 aliphatic carbocycles. The standard InChI is InChI=1S/C20H32O3/c1-13-17-11-15(20(5)10-6-9-19(3,4)12-20)7-8-16(17)18(22-13)23-14(2)21/h11,13,16-18H,6-10,12H2,1-5H3/t13-,16-,17-,18+,20-/m1/s1. The van der Waals surface area contributed by atoms with Gasteiger partial charge in [-0.05, 0) is 49.9 Å². The Morgan fingerprint density at radius 3 is 2.70 bits per heavy atom. The highest BCUT2D eigenvalue weighted by Crippen LogP contribution is 2.54. The molecule has 3 aliphatic rings. The SMILES string of the molecule is CC(=O)O[C@@H]1O[C@H](C)[C@H]2C=C([C@]3(C)CCCC(C)(C)C3)CC[C@@H]12. The third kappa shape index (κ3) is 3.35. The molecule has 1 aliphatic heterocycles. The molecule has 23 heavy (non-hydrogen) atoms. The normalized spacial score (nSPS) is 42.7. The van der Waals surface area contributed by atoms with E-state index in [-0.39, 0.29) is 18.4 Å². The van der Waals surface area contributed by atoms with E-state index in [1.54, 1.807) is 5.57 Å². The first-order valence-electron chi connectivity index (χ1n) is 9.24. The second kappa shape index (κ2) is 5.91. The summed E-state index contributed by atoms with van der Waals surface area (Å²) < 4.78 is 11.3. The Hall–Kier alpha value is -0.830. The molecule has 0 aromatic rings. The maximum absolute atomic E-state index is 11.3. The zero-order valence-electron chi connectivity index (χ0n) is 15.4. The second-order valence-electron chi connectivity index (χ2n) is 9.05. The topological polar surface area (TPSA) is 35.5 Å². The third-order valence-corrected chi connectivity index (χ3v) is 6.38. The number of carbonyl (C=O) groups excluding carboxylic acids is 1. The lowest BCUT2D eigenvalue weighted by atomic mass is 9.59. The summed E-state index contributed by atoms with van der Waals surface area (Å²) >= 11 is 0. The van der Waals surface area contributed by atoms with Crippen molar-refractivity contribution in [3.63, 3.8) is 0 Å². The van der Waals surface area contributed by atoms with Crippen molar-refractivity contribution in [1.29, 1.82) is 0 Å². The molecule has 3 rings (SSSR count). The Labute approximate surface area is 140 Å². The van der Waals surface area contributed by atoms with E-state index in [9.17, 15) is 4.79 Å². The van der Waals surface area contributed by atoms with E-state index >= 15 is 0 Å². The van der Waals surface area contributed by atoms with Gasteiger partial charge in [-0.2, -0.15) is 0 Å². The molecule has 130 valence electrons. The molecule has 0 bridgehead atoms. The molecule has 1 heterocycles. The maximum Gasteiger partial charge on any atom is 0.304 e. The number of hydrogen-bond donors (Lipinski definition) is 0. The highest BCUT2D eigenvalue weighted by Gasteiger charge is 2.47. The van der Waals surface area contributed by atoms with Crippen LogP contribution < -0.4 is 0 Å². The largest absolute Gasteiger partial charge is 0.436 e. The fraction of sp³-hybridized carbons (Fsp3) is 0.850. The van der Waals surface area contributed by atoms with Crippen LogP contribution >= 0.6 is 0 Å². The highest BCUT2D eigenvalue weighted by molar-refractivity contribution is 5.66. The summed E-state index contributed by atoms with van der Waals surface area (Å²) in [4.78, 5) is 11.3. The van der Waals surface area contributed by atoms with Crippen molar-refractivity contribution in [2.75, 3.05) is 0 Å². The number of allylic oxidation sites excluding steroid dienone is 1. The van der Waals surface area contributed by atoms with Gasteiger partial charge in [-0.15, -0.1) is 0 Å². The van der Waals surface area contributed by atoms with Gasteiger partial charge in [-0.3, -0.25) is 4.79 Å². The lowest BCUT2D eigenvalue weighted by Gasteiger charge is -2.46. The average molecular weight is 320 g/mol. The Kier molecular flexibility index (Phi) is 4.37. The molecule has 0 spiro atoms. The molecule has 0 unspecified atom stereocenters. The van der Waals surface area contributed by atoms with Crippen LogP contribution in [0.1, 0.15) is 73.1 Å². The molecule has 3 nitrogen and oxygen atoms in total. The van der Waals surface area contributed by atoms with Crippen molar-refractivity contribution in [3.8, 4) is 0 Å². The summed E-state index contributed by atoms with van der Waals surface area (Å²) in [6, 6.07) is 0. The Bertz CT molecular complexity index is 507. The number of esters is 1. The molecule has 2 fully saturated rings. The molecular formula is C20H32O3. The molecule has 3 heteroatoms. The molecule has 0 amide bonds. The van der Waals surface area contributed by atoms with E-state index in [1.165, 1.54) is 32.6 Å². The van der Waals surface area contributed by atoms with Crippen LogP contribution in [0.5, 0.6) is 0 Å². The van der Waals surface area contributed by atoms with Gasteiger partial charge in [0.15, 0.2) is 0 Å². The first kappa shape index (κ1) is 17.0. The predicted octanol–water partition coefficient (Wildman–Crippen LogP) is 4.85. The number of ether oxygens (including phenoxy) is 2.